The van der Waals surface area contributed by atoms with Crippen LogP contribution >= 0.6 is 0 Å². The average Bonchev–Trinajstić information content (AvgIpc) is 3.59. The standard InChI is InChI=1S/C38H40N2O6.2HI/c1-39(17-13-37-23-7-11-29(43)35(37)45-33-27(41)9-5-21(31(33)37)19-25(23)39)15-3-4-16-40(2)18-14-38-24-8-12-30(44)36(38)46-34-28(42)10-6-22(32(34)38)20-26(24)40;;/h5-12,23-26,29-30,35-36,43-44H,13-20H2,1-2H3;2*1H/t23-,24-,25+,26+,29-,30-,35-,36-,37-,38-,39?,40?;;/m0../s1. The molecule has 12 atom stereocenters. The number of aliphatic hydroxyl groups is 2. The van der Waals surface area contributed by atoms with Crippen LogP contribution in [-0.4, -0.2) is 106 Å². The van der Waals surface area contributed by atoms with Crippen molar-refractivity contribution >= 4 is 0 Å². The third-order valence-electron chi connectivity index (χ3n) is 14.1. The molecule has 0 amide bonds. The highest BCUT2D eigenvalue weighted by molar-refractivity contribution is 5.62. The lowest BCUT2D eigenvalue weighted by Gasteiger charge is -2.59. The van der Waals surface area contributed by atoms with E-state index in [0.29, 0.717) is 23.6 Å². The Hall–Kier alpha value is -2.02. The predicted octanol–water partition coefficient (Wildman–Crippen LogP) is -3.55. The van der Waals surface area contributed by atoms with Crippen molar-refractivity contribution in [3.05, 3.63) is 70.8 Å². The second-order valence-electron chi connectivity index (χ2n) is 16.0. The Bertz CT molecular complexity index is 1730. The average molecular weight is 877 g/mol. The van der Waals surface area contributed by atoms with Crippen molar-refractivity contribution in [2.75, 3.05) is 40.3 Å². The number of likely N-dealkylation sites (N-methyl/N-ethyl adjacent to an activating group) is 2. The van der Waals surface area contributed by atoms with E-state index in [1.165, 1.54) is 11.1 Å². The lowest BCUT2D eigenvalue weighted by molar-refractivity contribution is -0.939. The molecular weight excluding hydrogens is 834 g/mol. The molecule has 0 saturated carbocycles. The molecule has 0 radical (unpaired) electrons. The number of nitrogens with zero attached hydrogens (tertiary/aromatic N) is 2. The molecule has 48 heavy (non-hydrogen) atoms. The molecule has 2 aromatic carbocycles. The number of benzene rings is 2. The van der Waals surface area contributed by atoms with Crippen LogP contribution in [0, 0.1) is 23.7 Å². The highest BCUT2D eigenvalue weighted by Crippen LogP contribution is 2.65. The summed E-state index contributed by atoms with van der Waals surface area (Å²) in [6.45, 7) is 3.44. The van der Waals surface area contributed by atoms with Gasteiger partial charge < -0.3 is 86.8 Å². The Kier molecular flexibility index (Phi) is 7.42. The van der Waals surface area contributed by atoms with Crippen molar-refractivity contribution in [3.63, 3.8) is 0 Å². The molecule has 8 nitrogen and oxygen atoms in total. The first kappa shape index (κ1) is 33.1. The number of aromatic hydroxyl groups is 2. The molecule has 2 unspecified atom stereocenters. The van der Waals surface area contributed by atoms with Gasteiger partial charge in [0.2, 0.25) is 0 Å². The third-order valence-corrected chi connectivity index (χ3v) is 14.1. The minimum Gasteiger partial charge on any atom is -1.00 e. The van der Waals surface area contributed by atoms with E-state index >= 15 is 0 Å². The quantitative estimate of drug-likeness (QED) is 0.108. The van der Waals surface area contributed by atoms with Crippen LogP contribution in [-0.2, 0) is 23.7 Å². The summed E-state index contributed by atoms with van der Waals surface area (Å²) < 4.78 is 14.4. The second-order valence-corrected chi connectivity index (χ2v) is 16.0. The van der Waals surface area contributed by atoms with Gasteiger partial charge in [-0.15, -0.1) is 0 Å². The van der Waals surface area contributed by atoms with Gasteiger partial charge in [0, 0.05) is 48.6 Å². The smallest absolute Gasteiger partial charge is 0.165 e. The summed E-state index contributed by atoms with van der Waals surface area (Å²) in [5, 5.41) is 43.4. The Balaban J connectivity index is 0.00000168. The number of aliphatic hydroxyl groups excluding tert-OH is 2. The van der Waals surface area contributed by atoms with E-state index in [4.69, 9.17) is 9.47 Å². The normalized spacial score (nSPS) is 43.7. The summed E-state index contributed by atoms with van der Waals surface area (Å²) in [5.41, 5.74) is 4.15. The Morgan fingerprint density at radius 2 is 1.10 bits per heavy atom. The molecule has 2 spiro atoms. The number of hydrogen-bond donors (Lipinski definition) is 4. The zero-order chi connectivity index (χ0) is 31.4. The van der Waals surface area contributed by atoms with E-state index in [9.17, 15) is 20.4 Å². The number of phenols is 2. The van der Waals surface area contributed by atoms with Crippen molar-refractivity contribution in [1.82, 2.24) is 0 Å². The van der Waals surface area contributed by atoms with E-state index in [0.717, 1.165) is 72.0 Å². The van der Waals surface area contributed by atoms with Crippen LogP contribution in [0.15, 0.2) is 48.6 Å². The molecule has 254 valence electrons. The number of quaternary nitrogens is 2. The molecule has 10 rings (SSSR count). The highest BCUT2D eigenvalue weighted by Gasteiger charge is 2.69. The molecule has 4 heterocycles. The number of phenolic OH excluding ortho intramolecular Hbond substituents is 2. The van der Waals surface area contributed by atoms with Crippen LogP contribution in [0.4, 0.5) is 0 Å². The van der Waals surface area contributed by atoms with Crippen LogP contribution in [0.2, 0.25) is 0 Å². The third kappa shape index (κ3) is 3.87. The largest absolute Gasteiger partial charge is 1.00 e. The molecular formula is C38H42I2N2O6. The minimum absolute atomic E-state index is 0. The van der Waals surface area contributed by atoms with Gasteiger partial charge in [-0.2, -0.15) is 0 Å². The second kappa shape index (κ2) is 10.7. The summed E-state index contributed by atoms with van der Waals surface area (Å²) in [5.74, 6) is 9.32. The topological polar surface area (TPSA) is 99.4 Å². The van der Waals surface area contributed by atoms with Crippen LogP contribution in [0.3, 0.4) is 0 Å². The number of hydrogen-bond acceptors (Lipinski definition) is 6. The van der Waals surface area contributed by atoms with Crippen molar-refractivity contribution in [2.45, 2.75) is 73.0 Å². The molecule has 10 heteroatoms. The zero-order valence-corrected chi connectivity index (χ0v) is 31.5. The monoisotopic (exact) mass is 876 g/mol. The van der Waals surface area contributed by atoms with Gasteiger partial charge in [0.15, 0.2) is 23.0 Å². The van der Waals surface area contributed by atoms with Crippen LogP contribution < -0.4 is 57.4 Å². The number of halogens is 2. The number of ether oxygens (including phenoxy) is 2. The number of likely N-dealkylation sites (tertiary alicyclic amines) is 2. The summed E-state index contributed by atoms with van der Waals surface area (Å²) in [7, 11) is 4.71. The molecule has 4 bridgehead atoms. The Morgan fingerprint density at radius 1 is 0.688 bits per heavy atom. The highest BCUT2D eigenvalue weighted by atomic mass is 127. The summed E-state index contributed by atoms with van der Waals surface area (Å²) in [4.78, 5) is 0. The lowest BCUT2D eigenvalue weighted by Crippen LogP contribution is -3.00. The van der Waals surface area contributed by atoms with Crippen LogP contribution in [0.25, 0.3) is 0 Å². The number of piperidine rings is 2. The lowest BCUT2D eigenvalue weighted by atomic mass is 9.52. The fraction of sp³-hybridized carbons (Fsp3) is 0.526. The number of rotatable bonds is 2. The van der Waals surface area contributed by atoms with Gasteiger partial charge in [-0.25, -0.2) is 0 Å². The Morgan fingerprint density at radius 3 is 1.52 bits per heavy atom. The molecule has 2 fully saturated rings. The fourth-order valence-corrected chi connectivity index (χ4v) is 11.9. The van der Waals surface area contributed by atoms with Crippen molar-refractivity contribution in [2.24, 2.45) is 11.8 Å². The first-order valence-corrected chi connectivity index (χ1v) is 17.0. The van der Waals surface area contributed by atoms with Gasteiger partial charge in [-0.1, -0.05) is 36.4 Å². The first-order valence-electron chi connectivity index (χ1n) is 17.0. The van der Waals surface area contributed by atoms with E-state index in [2.05, 4.69) is 50.2 Å². The molecule has 4 N–H and O–H groups in total. The first-order chi connectivity index (χ1) is 22.1. The minimum atomic E-state index is -0.683. The molecule has 4 aliphatic carbocycles. The van der Waals surface area contributed by atoms with Gasteiger partial charge in [0.1, 0.15) is 49.6 Å². The molecule has 4 aliphatic heterocycles. The van der Waals surface area contributed by atoms with Crippen molar-refractivity contribution in [3.8, 4) is 34.8 Å². The predicted molar refractivity (Wildman–Crippen MR) is 170 cm³/mol. The molecule has 8 aliphatic rings. The summed E-state index contributed by atoms with van der Waals surface area (Å²) in [6.07, 6.45) is 9.79. The van der Waals surface area contributed by atoms with Crippen LogP contribution in [0.1, 0.15) is 35.1 Å². The summed E-state index contributed by atoms with van der Waals surface area (Å²) in [6, 6.07) is 8.28. The maximum absolute atomic E-state index is 11.0. The van der Waals surface area contributed by atoms with Crippen molar-refractivity contribution < 1.29 is 86.8 Å². The molecule has 0 aromatic heterocycles. The van der Waals surface area contributed by atoms with E-state index in [-0.39, 0.29) is 94.3 Å². The van der Waals surface area contributed by atoms with Crippen molar-refractivity contribution in [1.29, 1.82) is 0 Å². The maximum atomic E-state index is 11.0. The fourth-order valence-electron chi connectivity index (χ4n) is 11.9. The van der Waals surface area contributed by atoms with Gasteiger partial charge in [0.05, 0.1) is 38.0 Å². The zero-order valence-electron chi connectivity index (χ0n) is 27.2. The summed E-state index contributed by atoms with van der Waals surface area (Å²) >= 11 is 0. The van der Waals surface area contributed by atoms with Gasteiger partial charge in [0.25, 0.3) is 0 Å². The van der Waals surface area contributed by atoms with Gasteiger partial charge in [-0.3, -0.25) is 0 Å². The van der Waals surface area contributed by atoms with E-state index in [1.54, 1.807) is 12.1 Å². The van der Waals surface area contributed by atoms with E-state index in [1.807, 2.05) is 12.2 Å². The van der Waals surface area contributed by atoms with Gasteiger partial charge >= 0.3 is 0 Å². The van der Waals surface area contributed by atoms with E-state index < -0.39 is 12.2 Å². The molecule has 2 aromatic rings. The van der Waals surface area contributed by atoms with Crippen LogP contribution in [0.5, 0.6) is 23.0 Å². The maximum Gasteiger partial charge on any atom is 0.165 e. The van der Waals surface area contributed by atoms with Gasteiger partial charge in [-0.05, 0) is 35.1 Å². The SMILES string of the molecule is C[N+]1(CC#CC[N+]2(C)CC[C@]34c5c6ccc(O)c5O[C@H]3[C@@H](O)C=C[C@H]4[C@H]2C6)CC[C@]23c4c5ccc(O)c4O[C@H]2[C@@H](O)C=C[C@H]3[C@H]1C5.[I-].[I-]. The Labute approximate surface area is 315 Å². The molecule has 2 saturated heterocycles.